The fourth-order valence-electron chi connectivity index (χ4n) is 2.64. The van der Waals surface area contributed by atoms with Gasteiger partial charge in [0.2, 0.25) is 5.91 Å². The first kappa shape index (κ1) is 15.3. The summed E-state index contributed by atoms with van der Waals surface area (Å²) in [5.41, 5.74) is 1.59. The molecule has 2 aromatic rings. The topological polar surface area (TPSA) is 76.1 Å². The minimum atomic E-state index is -0.305. The molecule has 1 aliphatic rings. The van der Waals surface area contributed by atoms with Crippen molar-refractivity contribution in [2.45, 2.75) is 19.9 Å². The molecule has 0 aliphatic carbocycles. The van der Waals surface area contributed by atoms with E-state index in [-0.39, 0.29) is 17.4 Å². The maximum atomic E-state index is 12.0. The summed E-state index contributed by atoms with van der Waals surface area (Å²) in [5, 5.41) is 6.11. The molecule has 0 saturated carbocycles. The Bertz CT molecular complexity index is 713. The van der Waals surface area contributed by atoms with Crippen LogP contribution in [0.25, 0.3) is 11.3 Å². The number of ether oxygens (including phenoxy) is 1. The van der Waals surface area contributed by atoms with Crippen LogP contribution in [0.3, 0.4) is 0 Å². The predicted octanol–water partition coefficient (Wildman–Crippen LogP) is 2.09. The van der Waals surface area contributed by atoms with Gasteiger partial charge in [-0.1, -0.05) is 13.8 Å². The smallest absolute Gasteiger partial charge is 0.243 e. The molecule has 1 unspecified atom stereocenters. The number of methoxy groups -OCH3 is 1. The predicted molar refractivity (Wildman–Crippen MR) is 88.2 cm³/mol. The van der Waals surface area contributed by atoms with Crippen molar-refractivity contribution >= 4 is 11.7 Å². The highest BCUT2D eigenvalue weighted by atomic mass is 16.5. The molecule has 1 amide bonds. The number of anilines is 1. The summed E-state index contributed by atoms with van der Waals surface area (Å²) in [6, 6.07) is 9.20. The number of hydrogen-bond acceptors (Lipinski definition) is 5. The van der Waals surface area contributed by atoms with E-state index in [0.29, 0.717) is 12.4 Å². The van der Waals surface area contributed by atoms with Crippen LogP contribution in [0.4, 0.5) is 5.82 Å². The summed E-state index contributed by atoms with van der Waals surface area (Å²) < 4.78 is 5.16. The molecule has 0 radical (unpaired) electrons. The maximum Gasteiger partial charge on any atom is 0.243 e. The quantitative estimate of drug-likeness (QED) is 0.904. The van der Waals surface area contributed by atoms with Crippen LogP contribution in [0.5, 0.6) is 5.75 Å². The standard InChI is InChI=1S/C17H20N4O2/c1-17(2)9-18-16(22)15(17)21-14-8-13(19-10-20-14)11-4-6-12(23-3)7-5-11/h4-8,10,15H,9H2,1-3H3,(H,18,22)(H,19,20,21). The maximum absolute atomic E-state index is 12.0. The Morgan fingerprint density at radius 2 is 2.00 bits per heavy atom. The lowest BCUT2D eigenvalue weighted by Crippen LogP contribution is -2.38. The van der Waals surface area contributed by atoms with Gasteiger partial charge in [-0.05, 0) is 24.3 Å². The zero-order chi connectivity index (χ0) is 16.4. The zero-order valence-electron chi connectivity index (χ0n) is 13.5. The first-order valence-corrected chi connectivity index (χ1v) is 7.50. The van der Waals surface area contributed by atoms with Gasteiger partial charge < -0.3 is 15.4 Å². The molecule has 1 aromatic carbocycles. The van der Waals surface area contributed by atoms with E-state index in [4.69, 9.17) is 4.74 Å². The minimum absolute atomic E-state index is 0.000361. The molecule has 1 fully saturated rings. The molecule has 6 nitrogen and oxygen atoms in total. The Kier molecular flexibility index (Phi) is 3.90. The van der Waals surface area contributed by atoms with Gasteiger partial charge in [0.05, 0.1) is 12.8 Å². The summed E-state index contributed by atoms with van der Waals surface area (Å²) in [4.78, 5) is 20.5. The van der Waals surface area contributed by atoms with Crippen LogP contribution >= 0.6 is 0 Å². The molecule has 1 atom stereocenters. The van der Waals surface area contributed by atoms with Crippen LogP contribution in [-0.4, -0.2) is 35.6 Å². The van der Waals surface area contributed by atoms with Gasteiger partial charge in [-0.3, -0.25) is 4.79 Å². The van der Waals surface area contributed by atoms with Gasteiger partial charge in [0.15, 0.2) is 0 Å². The number of amides is 1. The van der Waals surface area contributed by atoms with Crippen LogP contribution in [-0.2, 0) is 4.79 Å². The second kappa shape index (κ2) is 5.87. The third-order valence-corrected chi connectivity index (χ3v) is 4.11. The summed E-state index contributed by atoms with van der Waals surface area (Å²) in [5.74, 6) is 1.44. The average molecular weight is 312 g/mol. The highest BCUT2D eigenvalue weighted by Crippen LogP contribution is 2.28. The van der Waals surface area contributed by atoms with Gasteiger partial charge in [-0.15, -0.1) is 0 Å². The van der Waals surface area contributed by atoms with Crippen LogP contribution in [0.15, 0.2) is 36.7 Å². The molecule has 1 aromatic heterocycles. The molecule has 23 heavy (non-hydrogen) atoms. The number of carbonyl (C=O) groups excluding carboxylic acids is 1. The van der Waals surface area contributed by atoms with Crippen molar-refractivity contribution in [2.24, 2.45) is 5.41 Å². The van der Waals surface area contributed by atoms with Crippen molar-refractivity contribution in [3.63, 3.8) is 0 Å². The van der Waals surface area contributed by atoms with Crippen molar-refractivity contribution in [3.05, 3.63) is 36.7 Å². The molecular formula is C17H20N4O2. The molecule has 1 saturated heterocycles. The Labute approximate surface area is 135 Å². The second-order valence-electron chi connectivity index (χ2n) is 6.30. The molecule has 3 rings (SSSR count). The van der Waals surface area contributed by atoms with E-state index in [9.17, 15) is 4.79 Å². The van der Waals surface area contributed by atoms with E-state index < -0.39 is 0 Å². The number of benzene rings is 1. The van der Waals surface area contributed by atoms with E-state index in [2.05, 4.69) is 20.6 Å². The number of rotatable bonds is 4. The Balaban J connectivity index is 1.83. The van der Waals surface area contributed by atoms with Gasteiger partial charge in [0, 0.05) is 23.6 Å². The molecule has 2 N–H and O–H groups in total. The fraction of sp³-hybridized carbons (Fsp3) is 0.353. The number of carbonyl (C=O) groups is 1. The molecule has 0 bridgehead atoms. The zero-order valence-corrected chi connectivity index (χ0v) is 13.5. The van der Waals surface area contributed by atoms with Crippen LogP contribution in [0.1, 0.15) is 13.8 Å². The molecule has 1 aliphatic heterocycles. The van der Waals surface area contributed by atoms with Crippen molar-refractivity contribution in [2.75, 3.05) is 19.0 Å². The van der Waals surface area contributed by atoms with E-state index >= 15 is 0 Å². The first-order valence-electron chi connectivity index (χ1n) is 7.50. The van der Waals surface area contributed by atoms with E-state index in [1.54, 1.807) is 7.11 Å². The minimum Gasteiger partial charge on any atom is -0.497 e. The SMILES string of the molecule is COc1ccc(-c2cc(NC3C(=O)NCC3(C)C)ncn2)cc1. The second-order valence-corrected chi connectivity index (χ2v) is 6.30. The largest absolute Gasteiger partial charge is 0.497 e. The Morgan fingerprint density at radius 1 is 1.26 bits per heavy atom. The lowest BCUT2D eigenvalue weighted by atomic mass is 9.87. The lowest BCUT2D eigenvalue weighted by molar-refractivity contribution is -0.120. The van der Waals surface area contributed by atoms with Crippen molar-refractivity contribution in [1.29, 1.82) is 0 Å². The van der Waals surface area contributed by atoms with Gasteiger partial charge >= 0.3 is 0 Å². The third-order valence-electron chi connectivity index (χ3n) is 4.11. The normalized spacial score (nSPS) is 19.3. The molecule has 6 heteroatoms. The first-order chi connectivity index (χ1) is 11.0. The summed E-state index contributed by atoms with van der Waals surface area (Å²) >= 11 is 0. The van der Waals surface area contributed by atoms with E-state index in [0.717, 1.165) is 17.0 Å². The lowest BCUT2D eigenvalue weighted by Gasteiger charge is -2.24. The third kappa shape index (κ3) is 3.11. The Hall–Kier alpha value is -2.63. The van der Waals surface area contributed by atoms with Crippen LogP contribution < -0.4 is 15.4 Å². The summed E-state index contributed by atoms with van der Waals surface area (Å²) in [7, 11) is 1.64. The number of aromatic nitrogens is 2. The summed E-state index contributed by atoms with van der Waals surface area (Å²) in [6.45, 7) is 4.75. The number of nitrogens with zero attached hydrogens (tertiary/aromatic N) is 2. The monoisotopic (exact) mass is 312 g/mol. The average Bonchev–Trinajstić information content (AvgIpc) is 2.82. The van der Waals surface area contributed by atoms with E-state index in [1.165, 1.54) is 6.33 Å². The highest BCUT2D eigenvalue weighted by molar-refractivity contribution is 5.87. The van der Waals surface area contributed by atoms with E-state index in [1.807, 2.05) is 44.2 Å². The van der Waals surface area contributed by atoms with Gasteiger partial charge in [0.25, 0.3) is 0 Å². The van der Waals surface area contributed by atoms with Crippen molar-refractivity contribution in [3.8, 4) is 17.0 Å². The molecule has 0 spiro atoms. The number of nitrogens with one attached hydrogen (secondary N) is 2. The van der Waals surface area contributed by atoms with Crippen LogP contribution in [0, 0.1) is 5.41 Å². The van der Waals surface area contributed by atoms with Crippen molar-refractivity contribution < 1.29 is 9.53 Å². The highest BCUT2D eigenvalue weighted by Gasteiger charge is 2.41. The van der Waals surface area contributed by atoms with Gasteiger partial charge in [-0.2, -0.15) is 0 Å². The Morgan fingerprint density at radius 3 is 2.61 bits per heavy atom. The number of hydrogen-bond donors (Lipinski definition) is 2. The van der Waals surface area contributed by atoms with Gasteiger partial charge in [-0.25, -0.2) is 9.97 Å². The van der Waals surface area contributed by atoms with Crippen molar-refractivity contribution in [1.82, 2.24) is 15.3 Å². The van der Waals surface area contributed by atoms with Gasteiger partial charge in [0.1, 0.15) is 23.9 Å². The fourth-order valence-corrected chi connectivity index (χ4v) is 2.64. The summed E-state index contributed by atoms with van der Waals surface area (Å²) in [6.07, 6.45) is 1.50. The molecular weight excluding hydrogens is 292 g/mol. The molecule has 120 valence electrons. The molecule has 2 heterocycles. The van der Waals surface area contributed by atoms with Crippen LogP contribution in [0.2, 0.25) is 0 Å².